The van der Waals surface area contributed by atoms with Gasteiger partial charge in [0.2, 0.25) is 0 Å². The van der Waals surface area contributed by atoms with Gasteiger partial charge in [-0.3, -0.25) is 0 Å². The van der Waals surface area contributed by atoms with E-state index in [0.29, 0.717) is 0 Å². The standard InChI is InChI=1S/C3HNO4S/c4-1-3-2-7-9(5,6)8-3/h2H. The molecule has 0 fully saturated rings. The summed E-state index contributed by atoms with van der Waals surface area (Å²) in [7, 11) is -3.92. The lowest BCUT2D eigenvalue weighted by Crippen LogP contribution is -1.96. The minimum absolute atomic E-state index is 0.352. The molecular formula is C3HNO4S. The second-order valence-electron chi connectivity index (χ2n) is 1.18. The summed E-state index contributed by atoms with van der Waals surface area (Å²) in [5, 5.41) is 8.01. The van der Waals surface area contributed by atoms with Crippen LogP contribution in [0.15, 0.2) is 12.0 Å². The molecule has 0 aromatic rings. The van der Waals surface area contributed by atoms with Gasteiger partial charge < -0.3 is 8.37 Å². The molecule has 1 aliphatic heterocycles. The fraction of sp³-hybridized carbons (Fsp3) is 0. The van der Waals surface area contributed by atoms with Gasteiger partial charge in [0.1, 0.15) is 6.07 Å². The Morgan fingerprint density at radius 1 is 1.67 bits per heavy atom. The summed E-state index contributed by atoms with van der Waals surface area (Å²) in [5.41, 5.74) is 0. The van der Waals surface area contributed by atoms with Crippen LogP contribution in [0.3, 0.4) is 0 Å². The lowest BCUT2D eigenvalue weighted by atomic mass is 10.6. The maximum absolute atomic E-state index is 10.2. The molecule has 0 aromatic heterocycles. The third kappa shape index (κ3) is 1.12. The van der Waals surface area contributed by atoms with Crippen LogP contribution in [0.4, 0.5) is 0 Å². The second kappa shape index (κ2) is 1.63. The van der Waals surface area contributed by atoms with Crippen LogP contribution >= 0.6 is 0 Å². The molecule has 1 rings (SSSR count). The highest BCUT2D eigenvalue weighted by molar-refractivity contribution is 7.82. The zero-order chi connectivity index (χ0) is 6.91. The number of rotatable bonds is 0. The van der Waals surface area contributed by atoms with E-state index >= 15 is 0 Å². The third-order valence-electron chi connectivity index (χ3n) is 0.575. The maximum atomic E-state index is 10.2. The van der Waals surface area contributed by atoms with Crippen LogP contribution in [-0.2, 0) is 18.8 Å². The van der Waals surface area contributed by atoms with Crippen LogP contribution in [0.2, 0.25) is 0 Å². The van der Waals surface area contributed by atoms with Crippen molar-refractivity contribution in [1.82, 2.24) is 0 Å². The number of nitrogens with zero attached hydrogens (tertiary/aromatic N) is 1. The molecule has 0 atom stereocenters. The Kier molecular flexibility index (Phi) is 1.07. The minimum Gasteiger partial charge on any atom is -0.356 e. The molecule has 0 aromatic carbocycles. The van der Waals surface area contributed by atoms with Gasteiger partial charge in [0, 0.05) is 0 Å². The molecule has 1 heterocycles. The largest absolute Gasteiger partial charge is 0.501 e. The second-order valence-corrected chi connectivity index (χ2v) is 2.36. The Morgan fingerprint density at radius 3 is 2.56 bits per heavy atom. The van der Waals surface area contributed by atoms with Crippen LogP contribution in [0.5, 0.6) is 0 Å². The summed E-state index contributed by atoms with van der Waals surface area (Å²) in [6, 6.07) is 1.45. The first-order chi connectivity index (χ1) is 4.14. The van der Waals surface area contributed by atoms with Crippen molar-refractivity contribution in [3.05, 3.63) is 12.0 Å². The molecule has 0 aliphatic carbocycles. The quantitative estimate of drug-likeness (QED) is 0.467. The molecule has 0 spiro atoms. The average molecular weight is 147 g/mol. The number of hydrogen-bond acceptors (Lipinski definition) is 5. The van der Waals surface area contributed by atoms with E-state index in [-0.39, 0.29) is 5.76 Å². The Morgan fingerprint density at radius 2 is 2.33 bits per heavy atom. The topological polar surface area (TPSA) is 76.4 Å². The highest BCUT2D eigenvalue weighted by atomic mass is 32.3. The monoisotopic (exact) mass is 147 g/mol. The van der Waals surface area contributed by atoms with E-state index in [0.717, 1.165) is 6.26 Å². The molecule has 0 amide bonds. The predicted octanol–water partition coefficient (Wildman–Crippen LogP) is -0.357. The van der Waals surface area contributed by atoms with Crippen LogP contribution in [0.25, 0.3) is 0 Å². The van der Waals surface area contributed by atoms with Crippen molar-refractivity contribution in [2.75, 3.05) is 0 Å². The molecule has 0 saturated carbocycles. The van der Waals surface area contributed by atoms with E-state index in [2.05, 4.69) is 8.37 Å². The summed E-state index contributed by atoms with van der Waals surface area (Å²) >= 11 is 0. The van der Waals surface area contributed by atoms with Crippen molar-refractivity contribution >= 4 is 10.4 Å². The number of nitriles is 1. The van der Waals surface area contributed by atoms with Crippen molar-refractivity contribution in [1.29, 1.82) is 5.26 Å². The van der Waals surface area contributed by atoms with E-state index in [4.69, 9.17) is 5.26 Å². The van der Waals surface area contributed by atoms with Crippen LogP contribution in [0, 0.1) is 11.3 Å². The highest BCUT2D eigenvalue weighted by Crippen LogP contribution is 2.13. The molecule has 6 heteroatoms. The van der Waals surface area contributed by atoms with Gasteiger partial charge in [0.25, 0.3) is 5.76 Å². The SMILES string of the molecule is N#CC1=COS(=O)(=O)O1. The lowest BCUT2D eigenvalue weighted by Gasteiger charge is -1.87. The Bertz CT molecular complexity index is 281. The molecule has 0 N–H and O–H groups in total. The zero-order valence-electron chi connectivity index (χ0n) is 4.07. The van der Waals surface area contributed by atoms with Crippen molar-refractivity contribution in [2.24, 2.45) is 0 Å². The van der Waals surface area contributed by atoms with Gasteiger partial charge in [-0.2, -0.15) is 5.26 Å². The van der Waals surface area contributed by atoms with E-state index < -0.39 is 10.4 Å². The molecule has 9 heavy (non-hydrogen) atoms. The van der Waals surface area contributed by atoms with Gasteiger partial charge in [0.15, 0.2) is 6.26 Å². The van der Waals surface area contributed by atoms with E-state index in [1.807, 2.05) is 0 Å². The summed E-state index contributed by atoms with van der Waals surface area (Å²) < 4.78 is 28.2. The molecule has 1 aliphatic rings. The van der Waals surface area contributed by atoms with Crippen LogP contribution in [-0.4, -0.2) is 8.42 Å². The molecular weight excluding hydrogens is 146 g/mol. The van der Waals surface area contributed by atoms with Gasteiger partial charge in [0.05, 0.1) is 0 Å². The fourth-order valence-corrected chi connectivity index (χ4v) is 0.838. The molecule has 0 unspecified atom stereocenters. The summed E-state index contributed by atoms with van der Waals surface area (Å²) in [6.45, 7) is 0. The first-order valence-electron chi connectivity index (χ1n) is 1.87. The average Bonchev–Trinajstić information content (AvgIpc) is 2.10. The van der Waals surface area contributed by atoms with Crippen molar-refractivity contribution in [3.8, 4) is 6.07 Å². The van der Waals surface area contributed by atoms with E-state index in [1.165, 1.54) is 6.07 Å². The fourth-order valence-electron chi connectivity index (χ4n) is 0.297. The van der Waals surface area contributed by atoms with Gasteiger partial charge >= 0.3 is 10.4 Å². The van der Waals surface area contributed by atoms with E-state index in [1.54, 1.807) is 0 Å². The smallest absolute Gasteiger partial charge is 0.356 e. The molecule has 0 radical (unpaired) electrons. The van der Waals surface area contributed by atoms with E-state index in [9.17, 15) is 8.42 Å². The summed E-state index contributed by atoms with van der Waals surface area (Å²) in [5.74, 6) is -0.352. The zero-order valence-corrected chi connectivity index (χ0v) is 4.88. The van der Waals surface area contributed by atoms with Crippen molar-refractivity contribution < 1.29 is 16.8 Å². The highest BCUT2D eigenvalue weighted by Gasteiger charge is 2.22. The van der Waals surface area contributed by atoms with Crippen molar-refractivity contribution in [2.45, 2.75) is 0 Å². The molecule has 5 nitrogen and oxygen atoms in total. The van der Waals surface area contributed by atoms with Gasteiger partial charge in [-0.25, -0.2) is 0 Å². The van der Waals surface area contributed by atoms with Gasteiger partial charge in [-0.1, -0.05) is 0 Å². The molecule has 0 bridgehead atoms. The minimum atomic E-state index is -3.92. The molecule has 0 saturated heterocycles. The van der Waals surface area contributed by atoms with Crippen molar-refractivity contribution in [3.63, 3.8) is 0 Å². The third-order valence-corrected chi connectivity index (χ3v) is 1.29. The Labute approximate surface area is 51.4 Å². The Balaban J connectivity index is 2.87. The normalized spacial score (nSPS) is 21.0. The van der Waals surface area contributed by atoms with Gasteiger partial charge in [-0.15, -0.1) is 8.42 Å². The number of allylic oxidation sites excluding steroid dienone is 1. The predicted molar refractivity (Wildman–Crippen MR) is 24.8 cm³/mol. The first-order valence-corrected chi connectivity index (χ1v) is 3.20. The summed E-state index contributed by atoms with van der Waals surface area (Å²) in [6.07, 6.45) is 0.731. The summed E-state index contributed by atoms with van der Waals surface area (Å²) in [4.78, 5) is 0. The maximum Gasteiger partial charge on any atom is 0.501 e. The van der Waals surface area contributed by atoms with Crippen LogP contribution < -0.4 is 0 Å². The number of hydrogen-bond donors (Lipinski definition) is 0. The van der Waals surface area contributed by atoms with Gasteiger partial charge in [-0.05, 0) is 0 Å². The van der Waals surface area contributed by atoms with Crippen LogP contribution in [0.1, 0.15) is 0 Å². The first kappa shape index (κ1) is 5.91. The lowest BCUT2D eigenvalue weighted by molar-refractivity contribution is 0.373. The molecule has 48 valence electrons. The Hall–Kier alpha value is -1.22.